The second kappa shape index (κ2) is 11.4. The van der Waals surface area contributed by atoms with E-state index in [2.05, 4.69) is 28.0 Å². The maximum absolute atomic E-state index is 13.7. The molecule has 0 unspecified atom stereocenters. The minimum atomic E-state index is -4.02. The maximum atomic E-state index is 13.7. The molecule has 0 bridgehead atoms. The molecule has 1 aromatic heterocycles. The van der Waals surface area contributed by atoms with Crippen LogP contribution in [0.4, 0.5) is 8.78 Å². The molecule has 0 aliphatic rings. The summed E-state index contributed by atoms with van der Waals surface area (Å²) in [5.41, 5.74) is 2.44. The van der Waals surface area contributed by atoms with Gasteiger partial charge in [0.25, 0.3) is 0 Å². The average molecular weight is 476 g/mol. The van der Waals surface area contributed by atoms with E-state index >= 15 is 0 Å². The standard InChI is InChI=1S/C24H27F2N3O3S/c1-2-17-5-3-6-18(9-17)14-28-16-24(30)23(12-19-10-20(25)13-21(26)11-19)29-33(31,32)22-7-4-8-27-15-22/h3-11,13,15,23-24,28-30H,2,12,14,16H2,1H3/t23-,24+/m0/s1. The van der Waals surface area contributed by atoms with Crippen LogP contribution in [0.3, 0.4) is 0 Å². The summed E-state index contributed by atoms with van der Waals surface area (Å²) in [7, 11) is -4.02. The summed E-state index contributed by atoms with van der Waals surface area (Å²) in [5.74, 6) is -1.55. The Kier molecular flexibility index (Phi) is 8.62. The van der Waals surface area contributed by atoms with Gasteiger partial charge in [-0.15, -0.1) is 0 Å². The molecule has 33 heavy (non-hydrogen) atoms. The van der Waals surface area contributed by atoms with Crippen molar-refractivity contribution in [2.24, 2.45) is 0 Å². The van der Waals surface area contributed by atoms with Gasteiger partial charge in [0.2, 0.25) is 10.0 Å². The highest BCUT2D eigenvalue weighted by Crippen LogP contribution is 2.15. The third-order valence-corrected chi connectivity index (χ3v) is 6.65. The molecule has 0 aliphatic carbocycles. The van der Waals surface area contributed by atoms with Crippen molar-refractivity contribution in [3.8, 4) is 0 Å². The number of sulfonamides is 1. The predicted molar refractivity (Wildman–Crippen MR) is 122 cm³/mol. The molecule has 6 nitrogen and oxygen atoms in total. The number of aliphatic hydroxyl groups is 1. The second-order valence-electron chi connectivity index (χ2n) is 7.77. The average Bonchev–Trinajstić information content (AvgIpc) is 2.78. The number of pyridine rings is 1. The number of aliphatic hydroxyl groups excluding tert-OH is 1. The summed E-state index contributed by atoms with van der Waals surface area (Å²) in [4.78, 5) is 3.74. The first-order chi connectivity index (χ1) is 15.8. The van der Waals surface area contributed by atoms with Crippen molar-refractivity contribution in [3.63, 3.8) is 0 Å². The van der Waals surface area contributed by atoms with Crippen molar-refractivity contribution >= 4 is 10.0 Å². The number of nitrogens with zero attached hydrogens (tertiary/aromatic N) is 1. The van der Waals surface area contributed by atoms with Crippen molar-refractivity contribution in [2.45, 2.75) is 43.4 Å². The van der Waals surface area contributed by atoms with Crippen LogP contribution in [0.15, 0.2) is 71.9 Å². The quantitative estimate of drug-likeness (QED) is 0.397. The summed E-state index contributed by atoms with van der Waals surface area (Å²) < 4.78 is 55.4. The monoisotopic (exact) mass is 475 g/mol. The van der Waals surface area contributed by atoms with Gasteiger partial charge in [0, 0.05) is 31.5 Å². The van der Waals surface area contributed by atoms with Crippen LogP contribution < -0.4 is 10.0 Å². The van der Waals surface area contributed by atoms with Gasteiger partial charge in [-0.1, -0.05) is 31.2 Å². The molecule has 2 atom stereocenters. The van der Waals surface area contributed by atoms with E-state index in [1.807, 2.05) is 18.2 Å². The van der Waals surface area contributed by atoms with Crippen LogP contribution in [0.1, 0.15) is 23.6 Å². The van der Waals surface area contributed by atoms with Gasteiger partial charge in [-0.3, -0.25) is 4.98 Å². The highest BCUT2D eigenvalue weighted by atomic mass is 32.2. The lowest BCUT2D eigenvalue weighted by atomic mass is 10.0. The van der Waals surface area contributed by atoms with Gasteiger partial charge in [0.1, 0.15) is 16.5 Å². The van der Waals surface area contributed by atoms with Gasteiger partial charge < -0.3 is 10.4 Å². The number of aromatic nitrogens is 1. The van der Waals surface area contributed by atoms with Gasteiger partial charge in [-0.25, -0.2) is 21.9 Å². The zero-order valence-corrected chi connectivity index (χ0v) is 19.0. The molecule has 0 amide bonds. The molecular formula is C24H27F2N3O3S. The molecule has 0 spiro atoms. The van der Waals surface area contributed by atoms with Crippen LogP contribution in [-0.2, 0) is 29.4 Å². The van der Waals surface area contributed by atoms with Gasteiger partial charge in [-0.05, 0) is 53.8 Å². The molecule has 9 heteroatoms. The predicted octanol–water partition coefficient (Wildman–Crippen LogP) is 2.96. The number of aryl methyl sites for hydroxylation is 1. The topological polar surface area (TPSA) is 91.3 Å². The summed E-state index contributed by atoms with van der Waals surface area (Å²) in [5, 5.41) is 13.9. The summed E-state index contributed by atoms with van der Waals surface area (Å²) >= 11 is 0. The lowest BCUT2D eigenvalue weighted by Crippen LogP contribution is -2.48. The van der Waals surface area contributed by atoms with Crippen LogP contribution in [0.25, 0.3) is 0 Å². The molecule has 3 rings (SSSR count). The Balaban J connectivity index is 1.74. The zero-order chi connectivity index (χ0) is 23.8. The van der Waals surface area contributed by atoms with Crippen LogP contribution in [0, 0.1) is 11.6 Å². The van der Waals surface area contributed by atoms with Crippen molar-refractivity contribution in [1.82, 2.24) is 15.0 Å². The number of nitrogens with one attached hydrogen (secondary N) is 2. The second-order valence-corrected chi connectivity index (χ2v) is 9.48. The lowest BCUT2D eigenvalue weighted by molar-refractivity contribution is 0.134. The summed E-state index contributed by atoms with van der Waals surface area (Å²) in [6, 6.07) is 12.8. The van der Waals surface area contributed by atoms with E-state index in [1.54, 1.807) is 0 Å². The van der Waals surface area contributed by atoms with E-state index in [9.17, 15) is 22.3 Å². The summed E-state index contributed by atoms with van der Waals surface area (Å²) in [6.07, 6.45) is 2.25. The molecule has 1 heterocycles. The van der Waals surface area contributed by atoms with Gasteiger partial charge in [0.15, 0.2) is 0 Å². The van der Waals surface area contributed by atoms with E-state index in [-0.39, 0.29) is 23.4 Å². The normalized spacial score (nSPS) is 13.6. The maximum Gasteiger partial charge on any atom is 0.242 e. The van der Waals surface area contributed by atoms with E-state index in [1.165, 1.54) is 30.1 Å². The third-order valence-electron chi connectivity index (χ3n) is 5.18. The number of rotatable bonds is 11. The Morgan fingerprint density at radius 2 is 1.73 bits per heavy atom. The first-order valence-corrected chi connectivity index (χ1v) is 12.1. The first kappa shape index (κ1) is 24.9. The minimum Gasteiger partial charge on any atom is -0.390 e. The molecule has 2 aromatic carbocycles. The van der Waals surface area contributed by atoms with E-state index in [0.29, 0.717) is 6.54 Å². The Labute approximate surface area is 192 Å². The number of hydrogen-bond acceptors (Lipinski definition) is 5. The first-order valence-electron chi connectivity index (χ1n) is 10.6. The number of benzene rings is 2. The van der Waals surface area contributed by atoms with E-state index in [0.717, 1.165) is 30.2 Å². The summed E-state index contributed by atoms with van der Waals surface area (Å²) in [6.45, 7) is 2.60. The molecule has 3 N–H and O–H groups in total. The van der Waals surface area contributed by atoms with Gasteiger partial charge >= 0.3 is 0 Å². The van der Waals surface area contributed by atoms with Crippen molar-refractivity contribution < 1.29 is 22.3 Å². The van der Waals surface area contributed by atoms with Crippen LogP contribution in [0.2, 0.25) is 0 Å². The lowest BCUT2D eigenvalue weighted by Gasteiger charge is -2.25. The van der Waals surface area contributed by atoms with Crippen LogP contribution in [-0.4, -0.2) is 37.2 Å². The number of halogens is 2. The Morgan fingerprint density at radius 3 is 2.39 bits per heavy atom. The molecule has 0 fully saturated rings. The minimum absolute atomic E-state index is 0.0639. The van der Waals surface area contributed by atoms with Crippen molar-refractivity contribution in [2.75, 3.05) is 6.54 Å². The molecule has 0 aliphatic heterocycles. The molecule has 3 aromatic rings. The molecule has 0 radical (unpaired) electrons. The fourth-order valence-corrected chi connectivity index (χ4v) is 4.71. The Bertz CT molecular complexity index is 1140. The fraction of sp³-hybridized carbons (Fsp3) is 0.292. The van der Waals surface area contributed by atoms with Crippen LogP contribution >= 0.6 is 0 Å². The SMILES string of the molecule is CCc1cccc(CNC[C@@H](O)[C@H](Cc2cc(F)cc(F)c2)NS(=O)(=O)c2cccnc2)c1. The van der Waals surface area contributed by atoms with Gasteiger partial charge in [-0.2, -0.15) is 0 Å². The van der Waals surface area contributed by atoms with E-state index < -0.39 is 33.8 Å². The molecular weight excluding hydrogens is 448 g/mol. The molecule has 0 saturated carbocycles. The zero-order valence-electron chi connectivity index (χ0n) is 18.2. The van der Waals surface area contributed by atoms with Crippen LogP contribution in [0.5, 0.6) is 0 Å². The highest BCUT2D eigenvalue weighted by molar-refractivity contribution is 7.89. The molecule has 0 saturated heterocycles. The third kappa shape index (κ3) is 7.40. The Morgan fingerprint density at radius 1 is 1.00 bits per heavy atom. The Hall–Kier alpha value is -2.72. The number of hydrogen-bond donors (Lipinski definition) is 3. The smallest absolute Gasteiger partial charge is 0.242 e. The van der Waals surface area contributed by atoms with Crippen molar-refractivity contribution in [3.05, 3.63) is 95.3 Å². The van der Waals surface area contributed by atoms with Gasteiger partial charge in [0.05, 0.1) is 12.1 Å². The van der Waals surface area contributed by atoms with E-state index in [4.69, 9.17) is 0 Å². The molecule has 176 valence electrons. The van der Waals surface area contributed by atoms with Crippen molar-refractivity contribution in [1.29, 1.82) is 0 Å². The fourth-order valence-electron chi connectivity index (χ4n) is 3.48. The largest absolute Gasteiger partial charge is 0.390 e. The highest BCUT2D eigenvalue weighted by Gasteiger charge is 2.26.